The number of carboxylic acids is 1. The minimum atomic E-state index is -4.39. The number of aliphatic carboxylic acids is 1. The summed E-state index contributed by atoms with van der Waals surface area (Å²) in [6.45, 7) is 3.34. The molecule has 0 spiro atoms. The van der Waals surface area contributed by atoms with E-state index in [0.717, 1.165) is 9.54 Å². The molecular formula is C27H22Cl3NO6S. The van der Waals surface area contributed by atoms with Gasteiger partial charge in [-0.25, -0.2) is 22.0 Å². The molecule has 0 atom stereocenters. The third-order valence-electron chi connectivity index (χ3n) is 5.61. The van der Waals surface area contributed by atoms with E-state index in [-0.39, 0.29) is 56.0 Å². The van der Waals surface area contributed by atoms with Crippen LogP contribution in [0.4, 0.5) is 0 Å². The molecule has 0 bridgehead atoms. The predicted octanol–water partition coefficient (Wildman–Crippen LogP) is 6.72. The molecule has 1 N–H and O–H groups in total. The first-order valence-electron chi connectivity index (χ1n) is 11.1. The summed E-state index contributed by atoms with van der Waals surface area (Å²) < 4.78 is 33.9. The SMILES string of the molecule is CCOC(=O)c1c(C=C(C(=O)O)c2ccccc2)c2c(Cl)cc(Cl)cc2n1S(=O)(=O)c1ccc(C)cc1.Cl. The van der Waals surface area contributed by atoms with Gasteiger partial charge in [-0.1, -0.05) is 71.2 Å². The van der Waals surface area contributed by atoms with Crippen LogP contribution in [-0.4, -0.2) is 36.0 Å². The van der Waals surface area contributed by atoms with E-state index in [0.29, 0.717) is 5.56 Å². The number of esters is 1. The summed E-state index contributed by atoms with van der Waals surface area (Å²) in [4.78, 5) is 25.5. The quantitative estimate of drug-likeness (QED) is 0.188. The largest absolute Gasteiger partial charge is 0.478 e. The number of hydrogen-bond acceptors (Lipinski definition) is 5. The molecule has 7 nitrogen and oxygen atoms in total. The molecule has 0 aliphatic rings. The number of fused-ring (bicyclic) bond motifs is 1. The van der Waals surface area contributed by atoms with Crippen LogP contribution in [0.25, 0.3) is 22.6 Å². The minimum Gasteiger partial charge on any atom is -0.478 e. The van der Waals surface area contributed by atoms with Gasteiger partial charge >= 0.3 is 11.9 Å². The molecule has 4 aromatic rings. The first kappa shape index (κ1) is 29.3. The van der Waals surface area contributed by atoms with Crippen LogP contribution in [-0.2, 0) is 19.6 Å². The van der Waals surface area contributed by atoms with Gasteiger partial charge in [-0.15, -0.1) is 12.4 Å². The second-order valence-electron chi connectivity index (χ2n) is 8.08. The number of nitrogens with zero attached hydrogens (tertiary/aromatic N) is 1. The number of aryl methyl sites for hydroxylation is 1. The Morgan fingerprint density at radius 3 is 2.24 bits per heavy atom. The van der Waals surface area contributed by atoms with Gasteiger partial charge in [-0.05, 0) is 49.8 Å². The summed E-state index contributed by atoms with van der Waals surface area (Å²) in [5, 5.41) is 10.3. The molecule has 11 heteroatoms. The Hall–Kier alpha value is -3.30. The van der Waals surface area contributed by atoms with Crippen LogP contribution in [0.5, 0.6) is 0 Å². The van der Waals surface area contributed by atoms with Gasteiger partial charge in [0, 0.05) is 16.0 Å². The van der Waals surface area contributed by atoms with Crippen molar-refractivity contribution in [2.24, 2.45) is 0 Å². The number of halogens is 3. The van der Waals surface area contributed by atoms with Crippen molar-refractivity contribution in [1.82, 2.24) is 3.97 Å². The zero-order valence-corrected chi connectivity index (χ0v) is 23.3. The molecule has 0 saturated carbocycles. The maximum Gasteiger partial charge on any atom is 0.356 e. The third-order valence-corrected chi connectivity index (χ3v) is 7.86. The average molecular weight is 595 g/mol. The Morgan fingerprint density at radius 2 is 1.66 bits per heavy atom. The summed E-state index contributed by atoms with van der Waals surface area (Å²) >= 11 is 12.8. The van der Waals surface area contributed by atoms with Gasteiger partial charge in [-0.2, -0.15) is 0 Å². The number of carbonyl (C=O) groups excluding carboxylic acids is 1. The van der Waals surface area contributed by atoms with Crippen molar-refractivity contribution in [3.05, 3.63) is 99.2 Å². The average Bonchev–Trinajstić information content (AvgIpc) is 3.18. The van der Waals surface area contributed by atoms with E-state index >= 15 is 0 Å². The highest BCUT2D eigenvalue weighted by atomic mass is 35.5. The van der Waals surface area contributed by atoms with Crippen LogP contribution in [0.3, 0.4) is 0 Å². The molecule has 4 rings (SSSR count). The molecule has 0 amide bonds. The van der Waals surface area contributed by atoms with Crippen LogP contribution >= 0.6 is 35.6 Å². The molecule has 0 radical (unpaired) electrons. The maximum atomic E-state index is 13.9. The van der Waals surface area contributed by atoms with Crippen LogP contribution < -0.4 is 0 Å². The van der Waals surface area contributed by atoms with E-state index in [1.807, 2.05) is 6.92 Å². The highest BCUT2D eigenvalue weighted by molar-refractivity contribution is 7.90. The number of carbonyl (C=O) groups is 2. The van der Waals surface area contributed by atoms with Gasteiger partial charge in [0.05, 0.1) is 27.6 Å². The maximum absolute atomic E-state index is 13.9. The van der Waals surface area contributed by atoms with Gasteiger partial charge in [-0.3, -0.25) is 0 Å². The minimum absolute atomic E-state index is 0. The highest BCUT2D eigenvalue weighted by Crippen LogP contribution is 2.39. The number of carboxylic acid groups (broad SMARTS) is 1. The summed E-state index contributed by atoms with van der Waals surface area (Å²) in [5.41, 5.74) is 0.597. The van der Waals surface area contributed by atoms with Crippen LogP contribution in [0.2, 0.25) is 10.0 Å². The van der Waals surface area contributed by atoms with E-state index in [1.165, 1.54) is 30.3 Å². The number of hydrogen-bond donors (Lipinski definition) is 1. The van der Waals surface area contributed by atoms with Crippen molar-refractivity contribution in [3.63, 3.8) is 0 Å². The van der Waals surface area contributed by atoms with Crippen molar-refractivity contribution in [1.29, 1.82) is 0 Å². The van der Waals surface area contributed by atoms with Crippen LogP contribution in [0, 0.1) is 6.92 Å². The molecule has 1 aromatic heterocycles. The number of aromatic nitrogens is 1. The fourth-order valence-corrected chi connectivity index (χ4v) is 6.06. The summed E-state index contributed by atoms with van der Waals surface area (Å²) in [7, 11) is -4.39. The molecule has 198 valence electrons. The Kier molecular flexibility index (Phi) is 8.94. The first-order valence-corrected chi connectivity index (χ1v) is 13.3. The Morgan fingerprint density at radius 1 is 1.03 bits per heavy atom. The molecule has 0 aliphatic carbocycles. The van der Waals surface area contributed by atoms with Crippen molar-refractivity contribution >= 4 is 80.1 Å². The molecule has 0 unspecified atom stereocenters. The number of benzene rings is 3. The van der Waals surface area contributed by atoms with E-state index in [4.69, 9.17) is 27.9 Å². The highest BCUT2D eigenvalue weighted by Gasteiger charge is 2.33. The predicted molar refractivity (Wildman–Crippen MR) is 151 cm³/mol. The molecule has 0 aliphatic heterocycles. The summed E-state index contributed by atoms with van der Waals surface area (Å²) in [5.74, 6) is -2.25. The number of ether oxygens (including phenoxy) is 1. The summed E-state index contributed by atoms with van der Waals surface area (Å²) in [6, 6.07) is 17.1. The van der Waals surface area contributed by atoms with Gasteiger partial charge in [0.2, 0.25) is 0 Å². The molecule has 0 fully saturated rings. The van der Waals surface area contributed by atoms with Crippen molar-refractivity contribution in [2.45, 2.75) is 18.7 Å². The Labute approximate surface area is 235 Å². The lowest BCUT2D eigenvalue weighted by Gasteiger charge is -2.12. The standard InChI is InChI=1S/C27H21Cl2NO6S.ClH/c1-3-36-27(33)25-21(15-20(26(31)32)17-7-5-4-6-8-17)24-22(29)13-18(28)14-23(24)30(25)37(34,35)19-11-9-16(2)10-12-19;/h4-15H,3H2,1-2H3,(H,31,32);1H. The fourth-order valence-electron chi connectivity index (χ4n) is 3.96. The second-order valence-corrected chi connectivity index (χ2v) is 10.7. The zero-order valence-electron chi connectivity index (χ0n) is 20.1. The van der Waals surface area contributed by atoms with E-state index < -0.39 is 27.7 Å². The molecular weight excluding hydrogens is 573 g/mol. The Balaban J connectivity index is 0.00000400. The third kappa shape index (κ3) is 5.44. The lowest BCUT2D eigenvalue weighted by Crippen LogP contribution is -2.20. The van der Waals surface area contributed by atoms with Gasteiger partial charge < -0.3 is 9.84 Å². The van der Waals surface area contributed by atoms with E-state index in [1.54, 1.807) is 49.4 Å². The van der Waals surface area contributed by atoms with Gasteiger partial charge in [0.1, 0.15) is 0 Å². The van der Waals surface area contributed by atoms with Crippen LogP contribution in [0.15, 0.2) is 71.6 Å². The fraction of sp³-hybridized carbons (Fsp3) is 0.111. The molecule has 3 aromatic carbocycles. The lowest BCUT2D eigenvalue weighted by molar-refractivity contribution is -0.130. The van der Waals surface area contributed by atoms with E-state index in [2.05, 4.69) is 0 Å². The lowest BCUT2D eigenvalue weighted by atomic mass is 10.0. The molecule has 1 heterocycles. The monoisotopic (exact) mass is 593 g/mol. The second kappa shape index (κ2) is 11.6. The van der Waals surface area contributed by atoms with Gasteiger partial charge in [0.25, 0.3) is 10.0 Å². The topological polar surface area (TPSA) is 103 Å². The van der Waals surface area contributed by atoms with Crippen molar-refractivity contribution in [3.8, 4) is 0 Å². The van der Waals surface area contributed by atoms with E-state index in [9.17, 15) is 23.1 Å². The number of rotatable bonds is 7. The molecule has 0 saturated heterocycles. The van der Waals surface area contributed by atoms with Crippen molar-refractivity contribution in [2.75, 3.05) is 6.61 Å². The first-order chi connectivity index (χ1) is 17.6. The zero-order chi connectivity index (χ0) is 26.9. The summed E-state index contributed by atoms with van der Waals surface area (Å²) in [6.07, 6.45) is 1.23. The molecule has 38 heavy (non-hydrogen) atoms. The Bertz CT molecular complexity index is 1660. The van der Waals surface area contributed by atoms with Crippen molar-refractivity contribution < 1.29 is 27.9 Å². The smallest absolute Gasteiger partial charge is 0.356 e. The van der Waals surface area contributed by atoms with Crippen LogP contribution in [0.1, 0.15) is 34.1 Å². The van der Waals surface area contributed by atoms with Gasteiger partial charge in [0.15, 0.2) is 5.69 Å². The normalized spacial score (nSPS) is 11.7.